The van der Waals surface area contributed by atoms with Crippen molar-refractivity contribution in [3.05, 3.63) is 33.4 Å². The summed E-state index contributed by atoms with van der Waals surface area (Å²) in [4.78, 5) is 35.8. The summed E-state index contributed by atoms with van der Waals surface area (Å²) in [6, 6.07) is 0.820. The minimum atomic E-state index is -4.92. The van der Waals surface area contributed by atoms with Gasteiger partial charge in [0.05, 0.1) is 27.6 Å². The largest absolute Gasteiger partial charge is 0.465 e. The van der Waals surface area contributed by atoms with Gasteiger partial charge in [-0.25, -0.2) is 0 Å². The van der Waals surface area contributed by atoms with Crippen LogP contribution in [0.15, 0.2) is 17.0 Å². The number of nitrogens with zero attached hydrogens (tertiary/aromatic N) is 2. The van der Waals surface area contributed by atoms with Crippen molar-refractivity contribution < 1.29 is 32.4 Å². The Balaban J connectivity index is 0.00000436. The van der Waals surface area contributed by atoms with Crippen LogP contribution < -0.4 is 0 Å². The van der Waals surface area contributed by atoms with Crippen LogP contribution in [0.3, 0.4) is 0 Å². The Bertz CT molecular complexity index is 787. The standard InChI is InChI=1S/C18H23F3N2O5S.C2H6/c1-6-10(3)22(5)16(24)12-8-14(23(26)27)15(9-13(12)18(19,20)21)29-11(4)17(25)28-7-2;1-2/h8-11H,6-7H2,1-5H3;1-2H3/t10-,11?;/m1./s1. The molecule has 0 radical (unpaired) electrons. The molecule has 0 aliphatic rings. The van der Waals surface area contributed by atoms with Crippen LogP contribution in [0.2, 0.25) is 0 Å². The van der Waals surface area contributed by atoms with E-state index < -0.39 is 45.0 Å². The van der Waals surface area contributed by atoms with Gasteiger partial charge in [-0.05, 0) is 33.3 Å². The molecule has 0 saturated heterocycles. The highest BCUT2D eigenvalue weighted by Gasteiger charge is 2.39. The fourth-order valence-corrected chi connectivity index (χ4v) is 3.36. The number of rotatable bonds is 8. The number of esters is 1. The van der Waals surface area contributed by atoms with Crippen molar-refractivity contribution >= 4 is 29.3 Å². The number of alkyl halides is 3. The number of carbonyl (C=O) groups is 2. The summed E-state index contributed by atoms with van der Waals surface area (Å²) in [6.07, 6.45) is -4.42. The second kappa shape index (κ2) is 12.5. The lowest BCUT2D eigenvalue weighted by molar-refractivity contribution is -0.387. The summed E-state index contributed by atoms with van der Waals surface area (Å²) in [5, 5.41) is 10.5. The van der Waals surface area contributed by atoms with Crippen LogP contribution in [0, 0.1) is 10.1 Å². The van der Waals surface area contributed by atoms with Gasteiger partial charge in [-0.3, -0.25) is 19.7 Å². The van der Waals surface area contributed by atoms with E-state index in [1.54, 1.807) is 20.8 Å². The van der Waals surface area contributed by atoms with Gasteiger partial charge in [-0.1, -0.05) is 20.8 Å². The van der Waals surface area contributed by atoms with Crippen LogP contribution in [0.5, 0.6) is 0 Å². The van der Waals surface area contributed by atoms with Crippen molar-refractivity contribution in [2.45, 2.75) is 70.3 Å². The Labute approximate surface area is 184 Å². The number of amides is 1. The second-order valence-electron chi connectivity index (χ2n) is 6.31. The number of carbonyl (C=O) groups excluding carboxylic acids is 2. The molecule has 0 N–H and O–H groups in total. The Kier molecular flexibility index (Phi) is 11.6. The first-order chi connectivity index (χ1) is 14.3. The van der Waals surface area contributed by atoms with Crippen molar-refractivity contribution in [2.24, 2.45) is 0 Å². The number of halogens is 3. The van der Waals surface area contributed by atoms with E-state index >= 15 is 0 Å². The Hall–Kier alpha value is -2.30. The van der Waals surface area contributed by atoms with Crippen LogP contribution in [0.25, 0.3) is 0 Å². The second-order valence-corrected chi connectivity index (χ2v) is 7.69. The summed E-state index contributed by atoms with van der Waals surface area (Å²) < 4.78 is 45.7. The molecule has 0 spiro atoms. The quantitative estimate of drug-likeness (QED) is 0.216. The van der Waals surface area contributed by atoms with E-state index in [4.69, 9.17) is 4.74 Å². The number of hydrogen-bond donors (Lipinski definition) is 0. The maximum Gasteiger partial charge on any atom is 0.417 e. The van der Waals surface area contributed by atoms with Crippen LogP contribution in [-0.2, 0) is 15.7 Å². The molecule has 31 heavy (non-hydrogen) atoms. The van der Waals surface area contributed by atoms with Crippen LogP contribution in [0.4, 0.5) is 18.9 Å². The Morgan fingerprint density at radius 3 is 2.19 bits per heavy atom. The van der Waals surface area contributed by atoms with Gasteiger partial charge in [0.25, 0.3) is 11.6 Å². The molecule has 0 aromatic heterocycles. The predicted octanol–water partition coefficient (Wildman–Crippen LogP) is 5.55. The zero-order valence-electron chi connectivity index (χ0n) is 18.7. The molecule has 0 bridgehead atoms. The fraction of sp³-hybridized carbons (Fsp3) is 0.600. The van der Waals surface area contributed by atoms with Crippen LogP contribution >= 0.6 is 11.8 Å². The first-order valence-corrected chi connectivity index (χ1v) is 10.7. The molecule has 0 aliphatic carbocycles. The molecule has 1 aromatic rings. The van der Waals surface area contributed by atoms with E-state index in [2.05, 4.69) is 0 Å². The molecule has 0 fully saturated rings. The molecular formula is C20H29F3N2O5S. The third kappa shape index (κ3) is 7.71. The third-order valence-electron chi connectivity index (χ3n) is 4.33. The molecule has 0 aliphatic heterocycles. The highest BCUT2D eigenvalue weighted by Crippen LogP contribution is 2.41. The van der Waals surface area contributed by atoms with Crippen molar-refractivity contribution in [1.82, 2.24) is 4.90 Å². The molecule has 1 amide bonds. The van der Waals surface area contributed by atoms with E-state index in [-0.39, 0.29) is 17.5 Å². The molecule has 1 unspecified atom stereocenters. The molecule has 11 heteroatoms. The normalized spacial score (nSPS) is 12.8. The van der Waals surface area contributed by atoms with Gasteiger partial charge in [0.1, 0.15) is 5.25 Å². The van der Waals surface area contributed by atoms with Gasteiger partial charge in [-0.2, -0.15) is 13.2 Å². The van der Waals surface area contributed by atoms with Gasteiger partial charge in [-0.15, -0.1) is 11.8 Å². The van der Waals surface area contributed by atoms with Gasteiger partial charge >= 0.3 is 12.1 Å². The fourth-order valence-electron chi connectivity index (χ4n) is 2.38. The number of nitro benzene ring substituents is 1. The lowest BCUT2D eigenvalue weighted by Gasteiger charge is -2.25. The Morgan fingerprint density at radius 1 is 1.23 bits per heavy atom. The molecule has 0 saturated carbocycles. The van der Waals surface area contributed by atoms with E-state index in [0.29, 0.717) is 30.3 Å². The summed E-state index contributed by atoms with van der Waals surface area (Å²) in [5.74, 6) is -1.68. The number of nitro groups is 1. The van der Waals surface area contributed by atoms with Crippen molar-refractivity contribution in [3.8, 4) is 0 Å². The molecule has 2 atom stereocenters. The first kappa shape index (κ1) is 28.7. The first-order valence-electron chi connectivity index (χ1n) is 9.85. The lowest BCUT2D eigenvalue weighted by Crippen LogP contribution is -2.35. The molecular weight excluding hydrogens is 437 g/mol. The maximum atomic E-state index is 13.6. The van der Waals surface area contributed by atoms with E-state index in [0.717, 1.165) is 4.90 Å². The minimum absolute atomic E-state index is 0.0645. The van der Waals surface area contributed by atoms with Crippen molar-refractivity contribution in [3.63, 3.8) is 0 Å². The van der Waals surface area contributed by atoms with Crippen molar-refractivity contribution in [1.29, 1.82) is 0 Å². The maximum absolute atomic E-state index is 13.6. The summed E-state index contributed by atoms with van der Waals surface area (Å²) >= 11 is 0.575. The average Bonchev–Trinajstić information content (AvgIpc) is 2.72. The smallest absolute Gasteiger partial charge is 0.417 e. The average molecular weight is 467 g/mol. The SMILES string of the molecule is CC.CCOC(=O)C(C)Sc1cc(C(F)(F)F)c(C(=O)N(C)[C@H](C)CC)cc1[N+](=O)[O-]. The van der Waals surface area contributed by atoms with E-state index in [1.807, 2.05) is 13.8 Å². The molecule has 176 valence electrons. The third-order valence-corrected chi connectivity index (χ3v) is 5.45. The van der Waals surface area contributed by atoms with Gasteiger partial charge in [0.2, 0.25) is 0 Å². The van der Waals surface area contributed by atoms with Crippen LogP contribution in [0.1, 0.15) is 63.9 Å². The number of thioether (sulfide) groups is 1. The number of hydrogen-bond acceptors (Lipinski definition) is 6. The van der Waals surface area contributed by atoms with Crippen molar-refractivity contribution in [2.75, 3.05) is 13.7 Å². The van der Waals surface area contributed by atoms with E-state index in [9.17, 15) is 32.9 Å². The minimum Gasteiger partial charge on any atom is -0.465 e. The highest BCUT2D eigenvalue weighted by molar-refractivity contribution is 8.00. The van der Waals surface area contributed by atoms with E-state index in [1.165, 1.54) is 14.0 Å². The molecule has 1 aromatic carbocycles. The predicted molar refractivity (Wildman–Crippen MR) is 113 cm³/mol. The lowest BCUT2D eigenvalue weighted by atomic mass is 10.0. The zero-order chi connectivity index (χ0) is 24.5. The topological polar surface area (TPSA) is 89.8 Å². The van der Waals surface area contributed by atoms with Gasteiger partial charge in [0, 0.05) is 19.2 Å². The number of benzene rings is 1. The Morgan fingerprint density at radius 2 is 1.77 bits per heavy atom. The number of ether oxygens (including phenoxy) is 1. The van der Waals surface area contributed by atoms with Gasteiger partial charge in [0.15, 0.2) is 0 Å². The molecule has 7 nitrogen and oxygen atoms in total. The summed E-state index contributed by atoms with van der Waals surface area (Å²) in [6.45, 7) is 10.4. The zero-order valence-corrected chi connectivity index (χ0v) is 19.5. The molecule has 0 heterocycles. The summed E-state index contributed by atoms with van der Waals surface area (Å²) in [5.41, 5.74) is -2.78. The molecule has 1 rings (SSSR count). The highest BCUT2D eigenvalue weighted by atomic mass is 32.2. The van der Waals surface area contributed by atoms with Crippen LogP contribution in [-0.4, -0.2) is 46.6 Å². The monoisotopic (exact) mass is 466 g/mol. The van der Waals surface area contributed by atoms with Gasteiger partial charge < -0.3 is 9.64 Å². The summed E-state index contributed by atoms with van der Waals surface area (Å²) in [7, 11) is 1.34.